The normalized spacial score (nSPS) is 10.8. The van der Waals surface area contributed by atoms with Crippen LogP contribution in [0.15, 0.2) is 61.4 Å². The number of ether oxygens (including phenoxy) is 3. The van der Waals surface area contributed by atoms with Crippen LogP contribution >= 0.6 is 0 Å². The Bertz CT molecular complexity index is 1770. The molecule has 2 N–H and O–H groups in total. The van der Waals surface area contributed by atoms with Crippen LogP contribution in [0.2, 0.25) is 0 Å². The first-order valence-corrected chi connectivity index (χ1v) is 12.4. The number of esters is 1. The van der Waals surface area contributed by atoms with Crippen molar-refractivity contribution in [2.75, 3.05) is 23.8 Å². The fourth-order valence-electron chi connectivity index (χ4n) is 4.25. The summed E-state index contributed by atoms with van der Waals surface area (Å²) < 4.78 is 20.8. The smallest absolute Gasteiger partial charge is 0.364 e. The number of urea groups is 1. The maximum atomic E-state index is 13.7. The molecule has 2 amide bonds. The van der Waals surface area contributed by atoms with Crippen LogP contribution in [-0.4, -0.2) is 44.0 Å². The summed E-state index contributed by atoms with van der Waals surface area (Å²) in [6.45, 7) is 6.00. The molecule has 0 spiro atoms. The summed E-state index contributed by atoms with van der Waals surface area (Å²) in [5.74, 6) is 0.0805. The van der Waals surface area contributed by atoms with Gasteiger partial charge in [-0.1, -0.05) is 0 Å². The summed E-state index contributed by atoms with van der Waals surface area (Å²) >= 11 is 0. The standard InChI is InChI=1S/C28H25N7O5/c1-4-38-24-17(3)10-20-13-30-15-34(20)23(24)27(36)40-22-11-21-14-31-16-35(21)26(25(22)39-5-2)33-28(37)32-19-8-6-18(12-29)7-9-19/h6-11,13-16H,4-5H2,1-3H3,(H2,32,33,37). The molecule has 12 heteroatoms. The van der Waals surface area contributed by atoms with Gasteiger partial charge in [0.05, 0.1) is 54.6 Å². The molecule has 0 radical (unpaired) electrons. The van der Waals surface area contributed by atoms with Gasteiger partial charge in [-0.2, -0.15) is 5.26 Å². The molecule has 0 saturated heterocycles. The van der Waals surface area contributed by atoms with Crippen LogP contribution < -0.4 is 24.8 Å². The Morgan fingerprint density at radius 3 is 2.25 bits per heavy atom. The van der Waals surface area contributed by atoms with Crippen LogP contribution in [0.1, 0.15) is 35.5 Å². The van der Waals surface area contributed by atoms with Crippen molar-refractivity contribution in [1.29, 1.82) is 5.26 Å². The molecule has 0 bridgehead atoms. The number of amides is 2. The highest BCUT2D eigenvalue weighted by Gasteiger charge is 2.26. The van der Waals surface area contributed by atoms with Gasteiger partial charge in [0.15, 0.2) is 23.0 Å². The molecule has 0 fully saturated rings. The average Bonchev–Trinajstić information content (AvgIpc) is 3.60. The van der Waals surface area contributed by atoms with Crippen molar-refractivity contribution >= 4 is 34.5 Å². The van der Waals surface area contributed by atoms with Gasteiger partial charge in [0.25, 0.3) is 0 Å². The number of benzene rings is 1. The Morgan fingerprint density at radius 1 is 0.925 bits per heavy atom. The zero-order valence-corrected chi connectivity index (χ0v) is 22.0. The minimum atomic E-state index is -0.701. The van der Waals surface area contributed by atoms with Gasteiger partial charge in [0, 0.05) is 11.8 Å². The van der Waals surface area contributed by atoms with E-state index < -0.39 is 12.0 Å². The molecule has 5 aromatic rings. The third kappa shape index (κ3) is 4.95. The molecule has 1 aromatic carbocycles. The lowest BCUT2D eigenvalue weighted by Gasteiger charge is -2.19. The van der Waals surface area contributed by atoms with Gasteiger partial charge >= 0.3 is 12.0 Å². The van der Waals surface area contributed by atoms with E-state index >= 15 is 0 Å². The molecular formula is C28H25N7O5. The molecule has 5 rings (SSSR count). The van der Waals surface area contributed by atoms with E-state index in [1.54, 1.807) is 58.5 Å². The zero-order valence-electron chi connectivity index (χ0n) is 22.0. The van der Waals surface area contributed by atoms with Gasteiger partial charge < -0.3 is 19.5 Å². The SMILES string of the molecule is CCOc1c(OC(=O)c2c(OCC)c(C)cc3cncn23)cc2cncn2c1NC(=O)Nc1ccc(C#N)cc1. The van der Waals surface area contributed by atoms with Crippen molar-refractivity contribution < 1.29 is 23.8 Å². The maximum absolute atomic E-state index is 13.7. The second-order valence-electron chi connectivity index (χ2n) is 8.59. The molecule has 0 atom stereocenters. The van der Waals surface area contributed by atoms with Gasteiger partial charge in [-0.05, 0) is 56.7 Å². The number of aryl methyl sites for hydroxylation is 1. The first-order chi connectivity index (χ1) is 19.4. The number of nitrogens with zero attached hydrogens (tertiary/aromatic N) is 5. The average molecular weight is 540 g/mol. The van der Waals surface area contributed by atoms with Crippen molar-refractivity contribution in [3.8, 4) is 23.3 Å². The number of anilines is 2. The number of aromatic nitrogens is 4. The first kappa shape index (κ1) is 26.1. The van der Waals surface area contributed by atoms with Crippen LogP contribution in [0.25, 0.3) is 11.0 Å². The monoisotopic (exact) mass is 539 g/mol. The highest BCUT2D eigenvalue weighted by Crippen LogP contribution is 2.38. The van der Waals surface area contributed by atoms with Crippen molar-refractivity contribution in [3.05, 3.63) is 78.3 Å². The van der Waals surface area contributed by atoms with Gasteiger partial charge in [-0.15, -0.1) is 0 Å². The Balaban J connectivity index is 1.53. The van der Waals surface area contributed by atoms with E-state index in [0.29, 0.717) is 34.6 Å². The second-order valence-corrected chi connectivity index (χ2v) is 8.59. The molecule has 0 aliphatic rings. The van der Waals surface area contributed by atoms with E-state index in [1.165, 1.54) is 12.7 Å². The van der Waals surface area contributed by atoms with Crippen LogP contribution in [0.3, 0.4) is 0 Å². The topological polar surface area (TPSA) is 144 Å². The Hall–Kier alpha value is -5.57. The minimum absolute atomic E-state index is 0.0748. The Labute approximate surface area is 228 Å². The van der Waals surface area contributed by atoms with Crippen LogP contribution in [0.5, 0.6) is 17.2 Å². The minimum Gasteiger partial charge on any atom is -0.491 e. The number of hydrogen-bond acceptors (Lipinski definition) is 8. The fourth-order valence-corrected chi connectivity index (χ4v) is 4.25. The number of carbonyl (C=O) groups is 2. The summed E-state index contributed by atoms with van der Waals surface area (Å²) in [6, 6.07) is 11.3. The first-order valence-electron chi connectivity index (χ1n) is 12.4. The Kier molecular flexibility index (Phi) is 7.19. The van der Waals surface area contributed by atoms with Crippen molar-refractivity contribution in [3.63, 3.8) is 0 Å². The third-order valence-corrected chi connectivity index (χ3v) is 5.95. The highest BCUT2D eigenvalue weighted by molar-refractivity contribution is 6.01. The van der Waals surface area contributed by atoms with Crippen LogP contribution in [0.4, 0.5) is 16.3 Å². The van der Waals surface area contributed by atoms with E-state index in [-0.39, 0.29) is 29.6 Å². The number of nitrogens with one attached hydrogen (secondary N) is 2. The number of hydrogen-bond donors (Lipinski definition) is 2. The number of imidazole rings is 2. The summed E-state index contributed by atoms with van der Waals surface area (Å²) in [5.41, 5.74) is 3.10. The summed E-state index contributed by atoms with van der Waals surface area (Å²) in [6.07, 6.45) is 6.21. The predicted molar refractivity (Wildman–Crippen MR) is 146 cm³/mol. The highest BCUT2D eigenvalue weighted by atomic mass is 16.6. The maximum Gasteiger partial charge on any atom is 0.364 e. The van der Waals surface area contributed by atoms with Gasteiger partial charge in [0.1, 0.15) is 6.33 Å². The summed E-state index contributed by atoms with van der Waals surface area (Å²) in [4.78, 5) is 35.0. The third-order valence-electron chi connectivity index (χ3n) is 5.95. The quantitative estimate of drug-likeness (QED) is 0.267. The lowest BCUT2D eigenvalue weighted by molar-refractivity contribution is 0.0716. The van der Waals surface area contributed by atoms with E-state index in [2.05, 4.69) is 20.6 Å². The molecule has 40 heavy (non-hydrogen) atoms. The lowest BCUT2D eigenvalue weighted by Crippen LogP contribution is -2.22. The summed E-state index contributed by atoms with van der Waals surface area (Å²) in [5, 5.41) is 14.5. The number of fused-ring (bicyclic) bond motifs is 2. The van der Waals surface area contributed by atoms with E-state index in [9.17, 15) is 9.59 Å². The van der Waals surface area contributed by atoms with E-state index in [0.717, 1.165) is 5.56 Å². The molecule has 0 saturated carbocycles. The molecule has 202 valence electrons. The number of rotatable bonds is 8. The number of carbonyl (C=O) groups excluding carboxylic acids is 2. The number of pyridine rings is 2. The summed E-state index contributed by atoms with van der Waals surface area (Å²) in [7, 11) is 0. The molecule has 0 aliphatic heterocycles. The molecular weight excluding hydrogens is 514 g/mol. The molecule has 0 aliphatic carbocycles. The van der Waals surface area contributed by atoms with Crippen molar-refractivity contribution in [1.82, 2.24) is 18.8 Å². The van der Waals surface area contributed by atoms with Gasteiger partial charge in [0.2, 0.25) is 5.75 Å². The molecule has 12 nitrogen and oxygen atoms in total. The fraction of sp³-hybridized carbons (Fsp3) is 0.179. The van der Waals surface area contributed by atoms with Gasteiger partial charge in [-0.3, -0.25) is 14.1 Å². The second kappa shape index (κ2) is 11.0. The van der Waals surface area contributed by atoms with Crippen molar-refractivity contribution in [2.24, 2.45) is 0 Å². The van der Waals surface area contributed by atoms with Crippen molar-refractivity contribution in [2.45, 2.75) is 20.8 Å². The molecule has 4 aromatic heterocycles. The van der Waals surface area contributed by atoms with Crippen LogP contribution in [0, 0.1) is 18.3 Å². The molecule has 4 heterocycles. The van der Waals surface area contributed by atoms with E-state index in [1.807, 2.05) is 26.0 Å². The number of nitriles is 1. The van der Waals surface area contributed by atoms with Gasteiger partial charge in [-0.25, -0.2) is 19.6 Å². The lowest BCUT2D eigenvalue weighted by atomic mass is 10.2. The zero-order chi connectivity index (χ0) is 28.2. The van der Waals surface area contributed by atoms with Crippen LogP contribution in [-0.2, 0) is 0 Å². The van der Waals surface area contributed by atoms with E-state index in [4.69, 9.17) is 19.5 Å². The molecule has 0 unspecified atom stereocenters. The Morgan fingerprint density at radius 2 is 1.57 bits per heavy atom. The largest absolute Gasteiger partial charge is 0.491 e. The predicted octanol–water partition coefficient (Wildman–Crippen LogP) is 4.82.